The van der Waals surface area contributed by atoms with E-state index in [2.05, 4.69) is 10.5 Å². The average Bonchev–Trinajstić information content (AvgIpc) is 3.03. The lowest BCUT2D eigenvalue weighted by Crippen LogP contribution is -2.29. The van der Waals surface area contributed by atoms with Crippen molar-refractivity contribution in [3.8, 4) is 10.6 Å². The van der Waals surface area contributed by atoms with Crippen LogP contribution in [0.4, 0.5) is 0 Å². The number of amides is 1. The first-order valence-electron chi connectivity index (χ1n) is 5.71. The summed E-state index contributed by atoms with van der Waals surface area (Å²) < 4.78 is 5.76. The number of aliphatic hydroxyl groups is 1. The molecule has 2 rings (SSSR count). The van der Waals surface area contributed by atoms with E-state index in [1.165, 1.54) is 11.3 Å². The van der Waals surface area contributed by atoms with Crippen molar-refractivity contribution in [3.63, 3.8) is 0 Å². The van der Waals surface area contributed by atoms with Crippen molar-refractivity contribution in [2.24, 2.45) is 5.92 Å². The second-order valence-electron chi connectivity index (χ2n) is 4.18. The molecule has 2 N–H and O–H groups in total. The van der Waals surface area contributed by atoms with E-state index in [4.69, 9.17) is 21.2 Å². The van der Waals surface area contributed by atoms with Crippen LogP contribution in [0.3, 0.4) is 0 Å². The minimum Gasteiger partial charge on any atom is -0.396 e. The number of carbonyl (C=O) groups is 1. The maximum absolute atomic E-state index is 11.8. The van der Waals surface area contributed by atoms with E-state index >= 15 is 0 Å². The highest BCUT2D eigenvalue weighted by molar-refractivity contribution is 7.19. The highest BCUT2D eigenvalue weighted by atomic mass is 35.5. The third kappa shape index (κ3) is 3.56. The van der Waals surface area contributed by atoms with Gasteiger partial charge in [-0.2, -0.15) is 0 Å². The Balaban J connectivity index is 2.02. The van der Waals surface area contributed by atoms with Crippen LogP contribution in [0.1, 0.15) is 17.4 Å². The highest BCUT2D eigenvalue weighted by Gasteiger charge is 2.15. The Morgan fingerprint density at radius 2 is 2.42 bits per heavy atom. The first kappa shape index (κ1) is 14.0. The Bertz CT molecular complexity index is 567. The van der Waals surface area contributed by atoms with Crippen LogP contribution in [0.5, 0.6) is 0 Å². The van der Waals surface area contributed by atoms with Crippen molar-refractivity contribution in [3.05, 3.63) is 28.2 Å². The van der Waals surface area contributed by atoms with Gasteiger partial charge in [0.05, 0.1) is 9.21 Å². The summed E-state index contributed by atoms with van der Waals surface area (Å²) in [5, 5.41) is 15.3. The number of carbonyl (C=O) groups excluding carboxylic acids is 1. The molecule has 0 saturated heterocycles. The molecule has 1 amide bonds. The molecular formula is C12H13ClN2O3S. The molecule has 7 heteroatoms. The number of aromatic nitrogens is 1. The van der Waals surface area contributed by atoms with Crippen LogP contribution in [-0.4, -0.2) is 29.3 Å². The van der Waals surface area contributed by atoms with Gasteiger partial charge >= 0.3 is 0 Å². The van der Waals surface area contributed by atoms with Crippen molar-refractivity contribution in [2.75, 3.05) is 13.2 Å². The lowest BCUT2D eigenvalue weighted by molar-refractivity contribution is 0.0933. The fraction of sp³-hybridized carbons (Fsp3) is 0.333. The summed E-state index contributed by atoms with van der Waals surface area (Å²) in [5.74, 6) is 0.196. The maximum Gasteiger partial charge on any atom is 0.273 e. The Morgan fingerprint density at radius 1 is 1.63 bits per heavy atom. The lowest BCUT2D eigenvalue weighted by atomic mass is 10.2. The van der Waals surface area contributed by atoms with Gasteiger partial charge in [-0.1, -0.05) is 23.7 Å². The molecule has 2 aromatic heterocycles. The van der Waals surface area contributed by atoms with Crippen molar-refractivity contribution >= 4 is 28.8 Å². The zero-order valence-corrected chi connectivity index (χ0v) is 11.8. The predicted octanol–water partition coefficient (Wildman–Crippen LogP) is 2.41. The second-order valence-corrected chi connectivity index (χ2v) is 5.89. The fourth-order valence-corrected chi connectivity index (χ4v) is 2.36. The zero-order chi connectivity index (χ0) is 13.8. The minimum absolute atomic E-state index is 0.00595. The van der Waals surface area contributed by atoms with Crippen LogP contribution in [0.25, 0.3) is 10.6 Å². The molecule has 2 heterocycles. The maximum atomic E-state index is 11.8. The van der Waals surface area contributed by atoms with Crippen LogP contribution in [-0.2, 0) is 0 Å². The average molecular weight is 301 g/mol. The van der Waals surface area contributed by atoms with Crippen molar-refractivity contribution in [2.45, 2.75) is 6.92 Å². The normalized spacial score (nSPS) is 12.4. The molecule has 0 aliphatic heterocycles. The predicted molar refractivity (Wildman–Crippen MR) is 73.4 cm³/mol. The molecule has 1 atom stereocenters. The van der Waals surface area contributed by atoms with Gasteiger partial charge in [-0.05, 0) is 18.1 Å². The van der Waals surface area contributed by atoms with Gasteiger partial charge in [-0.3, -0.25) is 4.79 Å². The van der Waals surface area contributed by atoms with Crippen LogP contribution >= 0.6 is 22.9 Å². The smallest absolute Gasteiger partial charge is 0.273 e. The van der Waals surface area contributed by atoms with E-state index in [-0.39, 0.29) is 24.1 Å². The summed E-state index contributed by atoms with van der Waals surface area (Å²) in [6.07, 6.45) is 0. The van der Waals surface area contributed by atoms with Crippen LogP contribution < -0.4 is 5.32 Å². The van der Waals surface area contributed by atoms with Crippen LogP contribution in [0.2, 0.25) is 4.34 Å². The van der Waals surface area contributed by atoms with Gasteiger partial charge < -0.3 is 14.9 Å². The topological polar surface area (TPSA) is 75.4 Å². The molecule has 1 unspecified atom stereocenters. The fourth-order valence-electron chi connectivity index (χ4n) is 1.37. The number of aliphatic hydroxyl groups excluding tert-OH is 1. The van der Waals surface area contributed by atoms with Gasteiger partial charge in [-0.15, -0.1) is 11.3 Å². The quantitative estimate of drug-likeness (QED) is 0.889. The third-order valence-electron chi connectivity index (χ3n) is 2.48. The summed E-state index contributed by atoms with van der Waals surface area (Å²) in [6.45, 7) is 2.25. The van der Waals surface area contributed by atoms with E-state index in [1.807, 2.05) is 13.0 Å². The number of halogens is 1. The largest absolute Gasteiger partial charge is 0.396 e. The third-order valence-corrected chi connectivity index (χ3v) is 3.73. The number of hydrogen-bond acceptors (Lipinski definition) is 5. The summed E-state index contributed by atoms with van der Waals surface area (Å²) in [6, 6.07) is 5.14. The Labute approximate surface area is 119 Å². The summed E-state index contributed by atoms with van der Waals surface area (Å²) in [5.41, 5.74) is 0.213. The van der Waals surface area contributed by atoms with Gasteiger partial charge in [-0.25, -0.2) is 0 Å². The summed E-state index contributed by atoms with van der Waals surface area (Å²) in [7, 11) is 0. The second kappa shape index (κ2) is 6.18. The number of thiophene rings is 1. The van der Waals surface area contributed by atoms with Gasteiger partial charge in [0.15, 0.2) is 11.5 Å². The van der Waals surface area contributed by atoms with Crippen molar-refractivity contribution in [1.29, 1.82) is 0 Å². The van der Waals surface area contributed by atoms with Crippen molar-refractivity contribution < 1.29 is 14.4 Å². The van der Waals surface area contributed by atoms with E-state index in [0.717, 1.165) is 4.88 Å². The molecule has 5 nitrogen and oxygen atoms in total. The van der Waals surface area contributed by atoms with Gasteiger partial charge in [0.25, 0.3) is 5.91 Å². The van der Waals surface area contributed by atoms with E-state index in [0.29, 0.717) is 16.6 Å². The molecule has 0 radical (unpaired) electrons. The van der Waals surface area contributed by atoms with Crippen LogP contribution in [0.15, 0.2) is 22.7 Å². The molecule has 102 valence electrons. The number of hydrogen-bond donors (Lipinski definition) is 2. The zero-order valence-electron chi connectivity index (χ0n) is 10.2. The van der Waals surface area contributed by atoms with E-state index in [9.17, 15) is 4.79 Å². The molecule has 2 aromatic rings. The molecule has 0 saturated carbocycles. The number of rotatable bonds is 5. The van der Waals surface area contributed by atoms with Crippen LogP contribution in [0, 0.1) is 5.92 Å². The van der Waals surface area contributed by atoms with Crippen molar-refractivity contribution in [1.82, 2.24) is 10.5 Å². The first-order valence-corrected chi connectivity index (χ1v) is 6.91. The first-order chi connectivity index (χ1) is 9.10. The Morgan fingerprint density at radius 3 is 3.05 bits per heavy atom. The highest BCUT2D eigenvalue weighted by Crippen LogP contribution is 2.31. The van der Waals surface area contributed by atoms with Gasteiger partial charge in [0.1, 0.15) is 0 Å². The molecule has 0 aliphatic carbocycles. The molecule has 0 aliphatic rings. The standard InChI is InChI=1S/C12H13ClN2O3S/c1-7(6-16)5-14-12(17)8-4-9(18-15-8)10-2-3-11(13)19-10/h2-4,7,16H,5-6H2,1H3,(H,14,17). The van der Waals surface area contributed by atoms with Gasteiger partial charge in [0.2, 0.25) is 0 Å². The molecule has 0 aromatic carbocycles. The minimum atomic E-state index is -0.321. The van der Waals surface area contributed by atoms with E-state index < -0.39 is 0 Å². The molecule has 0 bridgehead atoms. The Hall–Kier alpha value is -1.37. The monoisotopic (exact) mass is 300 g/mol. The summed E-state index contributed by atoms with van der Waals surface area (Å²) >= 11 is 7.19. The Kier molecular flexibility index (Phi) is 4.57. The lowest BCUT2D eigenvalue weighted by Gasteiger charge is -2.07. The van der Waals surface area contributed by atoms with E-state index in [1.54, 1.807) is 12.1 Å². The number of nitrogens with zero attached hydrogens (tertiary/aromatic N) is 1. The summed E-state index contributed by atoms with van der Waals surface area (Å²) in [4.78, 5) is 12.6. The SMILES string of the molecule is CC(CO)CNC(=O)c1cc(-c2ccc(Cl)s2)on1. The molecule has 0 spiro atoms. The molecular weight excluding hydrogens is 288 g/mol. The molecule has 19 heavy (non-hydrogen) atoms. The van der Waals surface area contributed by atoms with Gasteiger partial charge in [0, 0.05) is 19.2 Å². The number of nitrogens with one attached hydrogen (secondary N) is 1. The molecule has 0 fully saturated rings.